The van der Waals surface area contributed by atoms with Gasteiger partial charge >= 0.3 is 0 Å². The number of hydrogen-bond donors (Lipinski definition) is 0. The molecule has 3 nitrogen and oxygen atoms in total. The third-order valence-corrected chi connectivity index (χ3v) is 6.26. The summed E-state index contributed by atoms with van der Waals surface area (Å²) in [5, 5.41) is 1.81. The van der Waals surface area contributed by atoms with Gasteiger partial charge in [0.2, 0.25) is 5.91 Å². The summed E-state index contributed by atoms with van der Waals surface area (Å²) in [4.78, 5) is 27.6. The first kappa shape index (κ1) is 19.8. The lowest BCUT2D eigenvalue weighted by atomic mass is 9.77. The molecule has 2 aromatic rings. The number of carbonyl (C=O) groups is 2. The lowest BCUT2D eigenvalue weighted by molar-refractivity contribution is -0.119. The van der Waals surface area contributed by atoms with Crippen LogP contribution in [0, 0.1) is 0 Å². The van der Waals surface area contributed by atoms with Crippen molar-refractivity contribution in [2.24, 2.45) is 0 Å². The molecule has 0 N–H and O–H groups in total. The lowest BCUT2D eigenvalue weighted by Crippen LogP contribution is -2.40. The molecule has 1 atom stereocenters. The zero-order valence-corrected chi connectivity index (χ0v) is 17.7. The second-order valence-corrected chi connectivity index (χ2v) is 8.57. The topological polar surface area (TPSA) is 37.4 Å². The molecule has 0 saturated carbocycles. The molecule has 2 aromatic carbocycles. The van der Waals surface area contributed by atoms with Gasteiger partial charge in [-0.05, 0) is 48.7 Å². The summed E-state index contributed by atoms with van der Waals surface area (Å²) in [6, 6.07) is 10.1. The van der Waals surface area contributed by atoms with E-state index >= 15 is 0 Å². The number of benzene rings is 2. The van der Waals surface area contributed by atoms with Crippen molar-refractivity contribution in [1.82, 2.24) is 0 Å². The van der Waals surface area contributed by atoms with Gasteiger partial charge in [-0.1, -0.05) is 52.5 Å². The number of hydrogen-bond acceptors (Lipinski definition) is 2. The molecule has 0 aromatic heterocycles. The largest absolute Gasteiger partial charge is 0.294 e. The van der Waals surface area contributed by atoms with Crippen LogP contribution in [0.2, 0.25) is 20.1 Å². The molecule has 1 aliphatic carbocycles. The van der Waals surface area contributed by atoms with Gasteiger partial charge in [0.25, 0.3) is 0 Å². The quantitative estimate of drug-likeness (QED) is 0.498. The molecule has 0 fully saturated rings. The molecule has 0 saturated heterocycles. The van der Waals surface area contributed by atoms with Gasteiger partial charge in [0.15, 0.2) is 5.78 Å². The summed E-state index contributed by atoms with van der Waals surface area (Å²) >= 11 is 24.8. The highest BCUT2D eigenvalue weighted by Gasteiger charge is 2.40. The maximum Gasteiger partial charge on any atom is 0.232 e. The number of allylic oxidation sites excluding steroid dienone is 2. The highest BCUT2D eigenvalue weighted by molar-refractivity contribution is 6.37. The smallest absolute Gasteiger partial charge is 0.232 e. The maximum atomic E-state index is 13.2. The van der Waals surface area contributed by atoms with Crippen LogP contribution in [0.15, 0.2) is 47.7 Å². The number of carbonyl (C=O) groups excluding carboxylic acids is 2. The normalized spacial score (nSPS) is 19.9. The van der Waals surface area contributed by atoms with E-state index in [0.717, 1.165) is 5.56 Å². The molecular weight excluding hydrogens is 440 g/mol. The van der Waals surface area contributed by atoms with Crippen LogP contribution < -0.4 is 4.90 Å². The molecule has 28 heavy (non-hydrogen) atoms. The van der Waals surface area contributed by atoms with E-state index in [1.54, 1.807) is 41.3 Å². The number of Topliss-reactive ketones (excluding diaryl/α,β-unsaturated/α-hetero) is 1. The average Bonchev–Trinajstić information content (AvgIpc) is 2.62. The fourth-order valence-corrected chi connectivity index (χ4v) is 5.02. The van der Waals surface area contributed by atoms with Gasteiger partial charge in [-0.25, -0.2) is 0 Å². The first-order chi connectivity index (χ1) is 13.4. The Labute approximate surface area is 182 Å². The molecule has 1 heterocycles. The predicted molar refractivity (Wildman–Crippen MR) is 114 cm³/mol. The molecule has 0 spiro atoms. The Balaban J connectivity index is 1.89. The standard InChI is InChI=1S/C21H15Cl4NO2/c22-11-4-6-13(15(24)8-11)14-10-20(28)26(17-7-5-12(23)9-16(17)25)18-2-1-3-19(27)21(14)18/h4-9,14H,1-3,10H2. The fourth-order valence-electron chi connectivity index (χ4n) is 3.98. The van der Waals surface area contributed by atoms with E-state index < -0.39 is 0 Å². The first-order valence-corrected chi connectivity index (χ1v) is 10.4. The fraction of sp³-hybridized carbons (Fsp3) is 0.238. The minimum absolute atomic E-state index is 0.0415. The monoisotopic (exact) mass is 453 g/mol. The van der Waals surface area contributed by atoms with Crippen molar-refractivity contribution in [3.8, 4) is 0 Å². The van der Waals surface area contributed by atoms with Gasteiger partial charge in [0.05, 0.1) is 10.7 Å². The van der Waals surface area contributed by atoms with Crippen LogP contribution in [0.5, 0.6) is 0 Å². The summed E-state index contributed by atoms with van der Waals surface area (Å²) < 4.78 is 0. The van der Waals surface area contributed by atoms with E-state index in [-0.39, 0.29) is 24.0 Å². The van der Waals surface area contributed by atoms with Crippen LogP contribution in [0.25, 0.3) is 0 Å². The Morgan fingerprint density at radius 2 is 1.54 bits per heavy atom. The molecule has 144 valence electrons. The average molecular weight is 455 g/mol. The summed E-state index contributed by atoms with van der Waals surface area (Å²) in [5.74, 6) is -0.476. The van der Waals surface area contributed by atoms with Crippen molar-refractivity contribution >= 4 is 63.8 Å². The predicted octanol–water partition coefficient (Wildman–Crippen LogP) is 6.83. The van der Waals surface area contributed by atoms with E-state index in [1.165, 1.54) is 0 Å². The maximum absolute atomic E-state index is 13.2. The SMILES string of the molecule is O=C1CCCC2=C1C(c1ccc(Cl)cc1Cl)CC(=O)N2c1ccc(Cl)cc1Cl. The molecule has 4 rings (SSSR count). The van der Waals surface area contributed by atoms with E-state index in [4.69, 9.17) is 46.4 Å². The van der Waals surface area contributed by atoms with Crippen LogP contribution in [-0.2, 0) is 9.59 Å². The Morgan fingerprint density at radius 1 is 0.857 bits per heavy atom. The van der Waals surface area contributed by atoms with Crippen LogP contribution in [0.3, 0.4) is 0 Å². The lowest BCUT2D eigenvalue weighted by Gasteiger charge is -2.38. The Morgan fingerprint density at radius 3 is 2.21 bits per heavy atom. The van der Waals surface area contributed by atoms with Crippen molar-refractivity contribution in [3.63, 3.8) is 0 Å². The number of ketones is 1. The van der Waals surface area contributed by atoms with Crippen LogP contribution >= 0.6 is 46.4 Å². The van der Waals surface area contributed by atoms with Crippen molar-refractivity contribution in [3.05, 3.63) is 73.3 Å². The third-order valence-electron chi connectivity index (χ3n) is 5.16. The minimum Gasteiger partial charge on any atom is -0.294 e. The van der Waals surface area contributed by atoms with Crippen molar-refractivity contribution in [1.29, 1.82) is 0 Å². The molecule has 2 aliphatic rings. The van der Waals surface area contributed by atoms with Gasteiger partial charge in [-0.2, -0.15) is 0 Å². The number of rotatable bonds is 2. The highest BCUT2D eigenvalue weighted by atomic mass is 35.5. The molecule has 0 radical (unpaired) electrons. The van der Waals surface area contributed by atoms with Crippen LogP contribution in [0.1, 0.15) is 37.2 Å². The summed E-state index contributed by atoms with van der Waals surface area (Å²) in [5.41, 5.74) is 2.62. The second-order valence-electron chi connectivity index (χ2n) is 6.88. The molecular formula is C21H15Cl4NO2. The van der Waals surface area contributed by atoms with Gasteiger partial charge in [-0.15, -0.1) is 0 Å². The number of nitrogens with zero attached hydrogens (tertiary/aromatic N) is 1. The van der Waals surface area contributed by atoms with Gasteiger partial charge in [-0.3, -0.25) is 14.5 Å². The number of anilines is 1. The molecule has 1 amide bonds. The Bertz CT molecular complexity index is 1030. The Hall–Kier alpha value is -1.52. The summed E-state index contributed by atoms with van der Waals surface area (Å²) in [6.07, 6.45) is 1.89. The number of halogens is 4. The van der Waals surface area contributed by atoms with Gasteiger partial charge < -0.3 is 0 Å². The van der Waals surface area contributed by atoms with Crippen molar-refractivity contribution in [2.45, 2.75) is 31.6 Å². The van der Waals surface area contributed by atoms with Gasteiger partial charge in [0, 0.05) is 45.1 Å². The number of amides is 1. The van der Waals surface area contributed by atoms with Crippen LogP contribution in [-0.4, -0.2) is 11.7 Å². The minimum atomic E-state index is -0.387. The second kappa shape index (κ2) is 7.72. The highest BCUT2D eigenvalue weighted by Crippen LogP contribution is 2.46. The first-order valence-electron chi connectivity index (χ1n) is 8.86. The zero-order chi connectivity index (χ0) is 20.0. The zero-order valence-electron chi connectivity index (χ0n) is 14.6. The third kappa shape index (κ3) is 3.46. The van der Waals surface area contributed by atoms with E-state index in [0.29, 0.717) is 56.3 Å². The van der Waals surface area contributed by atoms with Gasteiger partial charge in [0.1, 0.15) is 0 Å². The van der Waals surface area contributed by atoms with E-state index in [1.807, 2.05) is 0 Å². The van der Waals surface area contributed by atoms with Crippen LogP contribution in [0.4, 0.5) is 5.69 Å². The summed E-state index contributed by atoms with van der Waals surface area (Å²) in [7, 11) is 0. The van der Waals surface area contributed by atoms with Crippen molar-refractivity contribution < 1.29 is 9.59 Å². The molecule has 7 heteroatoms. The van der Waals surface area contributed by atoms with Crippen molar-refractivity contribution in [2.75, 3.05) is 4.90 Å². The molecule has 1 aliphatic heterocycles. The molecule has 0 bridgehead atoms. The molecule has 1 unspecified atom stereocenters. The summed E-state index contributed by atoms with van der Waals surface area (Å²) in [6.45, 7) is 0. The Kier molecular flexibility index (Phi) is 5.45. The van der Waals surface area contributed by atoms with E-state index in [9.17, 15) is 9.59 Å². The van der Waals surface area contributed by atoms with E-state index in [2.05, 4.69) is 0 Å².